The van der Waals surface area contributed by atoms with E-state index in [-0.39, 0.29) is 11.8 Å². The van der Waals surface area contributed by atoms with Crippen molar-refractivity contribution in [1.82, 2.24) is 15.0 Å². The quantitative estimate of drug-likeness (QED) is 0.340. The minimum absolute atomic E-state index is 0.0573. The molecule has 0 aliphatic carbocycles. The molecule has 1 fully saturated rings. The molecule has 4 N–H and O–H groups in total. The number of benzene rings is 2. The third-order valence-corrected chi connectivity index (χ3v) is 6.08. The van der Waals surface area contributed by atoms with Crippen LogP contribution in [-0.4, -0.2) is 45.3 Å². The molecular weight excluding hydrogens is 511 g/mol. The lowest BCUT2D eigenvalue weighted by molar-refractivity contribution is -0.137. The molecule has 0 atom stereocenters. The molecule has 37 heavy (non-hydrogen) atoms. The highest BCUT2D eigenvalue weighted by atomic mass is 35.5. The van der Waals surface area contributed by atoms with Crippen LogP contribution in [0.3, 0.4) is 0 Å². The van der Waals surface area contributed by atoms with Gasteiger partial charge in [0.1, 0.15) is 5.82 Å². The van der Waals surface area contributed by atoms with Crippen molar-refractivity contribution in [3.8, 4) is 0 Å². The maximum atomic E-state index is 13.1. The number of aryl methyl sites for hydroxylation is 2. The van der Waals surface area contributed by atoms with Crippen LogP contribution < -0.4 is 20.9 Å². The fourth-order valence-corrected chi connectivity index (χ4v) is 4.02. The zero-order valence-corrected chi connectivity index (χ0v) is 20.8. The summed E-state index contributed by atoms with van der Waals surface area (Å²) in [4.78, 5) is 27.7. The number of nitrogens with one attached hydrogen (secondary N) is 3. The Labute approximate surface area is 216 Å². The average Bonchev–Trinajstić information content (AvgIpc) is 2.82. The van der Waals surface area contributed by atoms with Crippen molar-refractivity contribution in [1.29, 1.82) is 0 Å². The van der Waals surface area contributed by atoms with E-state index in [9.17, 15) is 23.1 Å². The molecule has 3 aromatic rings. The van der Waals surface area contributed by atoms with Gasteiger partial charge in [-0.1, -0.05) is 17.7 Å². The third kappa shape index (κ3) is 6.77. The number of hydrogen-bond donors (Lipinski definition) is 4. The monoisotopic (exact) mass is 535 g/mol. The topological polar surface area (TPSA) is 115 Å². The first-order valence-corrected chi connectivity index (χ1v) is 11.8. The Balaban J connectivity index is 1.47. The summed E-state index contributed by atoms with van der Waals surface area (Å²) in [7, 11) is 0. The fraction of sp³-hybridized carbons (Fsp3) is 0.333. The molecule has 1 aromatic heterocycles. The summed E-state index contributed by atoms with van der Waals surface area (Å²) in [5, 5.41) is 17.4. The second-order valence-electron chi connectivity index (χ2n) is 8.65. The molecule has 2 aromatic carbocycles. The van der Waals surface area contributed by atoms with Crippen molar-refractivity contribution < 1.29 is 23.1 Å². The third-order valence-electron chi connectivity index (χ3n) is 5.75. The van der Waals surface area contributed by atoms with Crippen LogP contribution in [0.5, 0.6) is 0 Å². The van der Waals surface area contributed by atoms with Gasteiger partial charge in [-0.05, 0) is 62.6 Å². The molecule has 0 saturated carbocycles. The number of aromatic nitrogens is 3. The molecule has 1 aliphatic heterocycles. The summed E-state index contributed by atoms with van der Waals surface area (Å²) >= 11 is 5.63. The van der Waals surface area contributed by atoms with Crippen LogP contribution in [0, 0.1) is 13.8 Å². The van der Waals surface area contributed by atoms with Gasteiger partial charge in [-0.2, -0.15) is 28.1 Å². The molecule has 2 amide bonds. The first-order chi connectivity index (χ1) is 17.5. The first kappa shape index (κ1) is 26.4. The van der Waals surface area contributed by atoms with Crippen LogP contribution in [0.25, 0.3) is 0 Å². The Morgan fingerprint density at radius 2 is 1.68 bits per heavy atom. The van der Waals surface area contributed by atoms with Crippen molar-refractivity contribution >= 4 is 46.6 Å². The van der Waals surface area contributed by atoms with Crippen molar-refractivity contribution in [3.63, 3.8) is 0 Å². The summed E-state index contributed by atoms with van der Waals surface area (Å²) in [6.45, 7) is 4.89. The van der Waals surface area contributed by atoms with Crippen LogP contribution >= 0.6 is 11.6 Å². The molecule has 13 heteroatoms. The normalized spacial score (nSPS) is 14.4. The smallest absolute Gasteiger partial charge is 0.393 e. The van der Waals surface area contributed by atoms with Crippen molar-refractivity contribution in [2.24, 2.45) is 0 Å². The largest absolute Gasteiger partial charge is 0.417 e. The summed E-state index contributed by atoms with van der Waals surface area (Å²) < 4.78 is 39.3. The number of hydrogen-bond acceptors (Lipinski definition) is 7. The van der Waals surface area contributed by atoms with Gasteiger partial charge in [0.2, 0.25) is 11.9 Å². The number of urea groups is 1. The van der Waals surface area contributed by atoms with Gasteiger partial charge in [-0.15, -0.1) is 0 Å². The van der Waals surface area contributed by atoms with Gasteiger partial charge in [-0.3, -0.25) is 0 Å². The maximum absolute atomic E-state index is 13.1. The van der Waals surface area contributed by atoms with Crippen molar-refractivity contribution in [3.05, 3.63) is 58.4 Å². The van der Waals surface area contributed by atoms with Crippen molar-refractivity contribution in [2.75, 3.05) is 33.9 Å². The van der Waals surface area contributed by atoms with Gasteiger partial charge >= 0.3 is 12.2 Å². The number of aliphatic hydroxyl groups is 1. The van der Waals surface area contributed by atoms with Gasteiger partial charge in [-0.25, -0.2) is 4.79 Å². The van der Waals surface area contributed by atoms with Crippen LogP contribution in [0.1, 0.15) is 29.8 Å². The Morgan fingerprint density at radius 3 is 2.35 bits per heavy atom. The lowest BCUT2D eigenvalue weighted by atomic mass is 10.1. The number of amides is 2. The highest BCUT2D eigenvalue weighted by Gasteiger charge is 2.33. The predicted molar refractivity (Wildman–Crippen MR) is 136 cm³/mol. The van der Waals surface area contributed by atoms with Crippen LogP contribution in [0.4, 0.5) is 46.9 Å². The van der Waals surface area contributed by atoms with Crippen molar-refractivity contribution in [2.45, 2.75) is 39.0 Å². The van der Waals surface area contributed by atoms with E-state index >= 15 is 0 Å². The maximum Gasteiger partial charge on any atom is 0.417 e. The van der Waals surface area contributed by atoms with Crippen LogP contribution in [0.2, 0.25) is 5.02 Å². The molecule has 0 spiro atoms. The molecule has 1 saturated heterocycles. The number of halogens is 4. The second-order valence-corrected chi connectivity index (χ2v) is 9.06. The number of nitrogens with zero attached hydrogens (tertiary/aromatic N) is 4. The Kier molecular flexibility index (Phi) is 7.69. The van der Waals surface area contributed by atoms with Gasteiger partial charge < -0.3 is 26.0 Å². The summed E-state index contributed by atoms with van der Waals surface area (Å²) in [5.41, 5.74) is 0.764. The van der Waals surface area contributed by atoms with E-state index in [0.29, 0.717) is 55.0 Å². The van der Waals surface area contributed by atoms with E-state index in [1.54, 1.807) is 25.1 Å². The van der Waals surface area contributed by atoms with E-state index < -0.39 is 22.8 Å². The number of piperidine rings is 1. The van der Waals surface area contributed by atoms with Crippen LogP contribution in [0.15, 0.2) is 36.4 Å². The van der Waals surface area contributed by atoms with Gasteiger partial charge in [0.15, 0.2) is 0 Å². The van der Waals surface area contributed by atoms with Gasteiger partial charge in [0, 0.05) is 30.2 Å². The molecule has 0 unspecified atom stereocenters. The Bertz CT molecular complexity index is 1300. The zero-order valence-electron chi connectivity index (χ0n) is 20.0. The first-order valence-electron chi connectivity index (χ1n) is 11.5. The number of aliphatic hydroxyl groups excluding tert-OH is 1. The van der Waals surface area contributed by atoms with Gasteiger partial charge in [0.05, 0.1) is 16.7 Å². The molecule has 2 heterocycles. The van der Waals surface area contributed by atoms with E-state index in [1.807, 2.05) is 11.8 Å². The van der Waals surface area contributed by atoms with Gasteiger partial charge in [0.25, 0.3) is 0 Å². The van der Waals surface area contributed by atoms with E-state index in [0.717, 1.165) is 17.7 Å². The number of rotatable bonds is 5. The zero-order chi connectivity index (χ0) is 26.7. The standard InChI is InChI=1S/C24H25ClF3N7O2/c1-13-3-4-16(32-23(37)31-15-5-6-19(25)18(11-15)24(26,27)28)12-20(13)33-21-29-14(2)30-22(34-21)35-9-7-17(36)8-10-35/h3-6,11-12,17,36H,7-10H2,1-2H3,(H2,31,32,37)(H,29,30,33,34). The molecule has 0 radical (unpaired) electrons. The predicted octanol–water partition coefficient (Wildman–Crippen LogP) is 5.51. The molecule has 9 nitrogen and oxygen atoms in total. The van der Waals surface area contributed by atoms with Crippen LogP contribution in [-0.2, 0) is 6.18 Å². The van der Waals surface area contributed by atoms with E-state index in [2.05, 4.69) is 30.9 Å². The number of carbonyl (C=O) groups is 1. The lowest BCUT2D eigenvalue weighted by Crippen LogP contribution is -2.37. The molecule has 0 bridgehead atoms. The average molecular weight is 536 g/mol. The highest BCUT2D eigenvalue weighted by Crippen LogP contribution is 2.36. The minimum Gasteiger partial charge on any atom is -0.393 e. The second kappa shape index (κ2) is 10.8. The summed E-state index contributed by atoms with van der Waals surface area (Å²) in [6.07, 6.45) is -3.70. The molecular formula is C24H25ClF3N7O2. The Morgan fingerprint density at radius 1 is 1.03 bits per heavy atom. The SMILES string of the molecule is Cc1nc(Nc2cc(NC(=O)Nc3ccc(Cl)c(C(F)(F)F)c3)ccc2C)nc(N2CCC(O)CC2)n1. The summed E-state index contributed by atoms with van der Waals surface area (Å²) in [6, 6.07) is 7.49. The summed E-state index contributed by atoms with van der Waals surface area (Å²) in [5.74, 6) is 1.35. The molecule has 1 aliphatic rings. The lowest BCUT2D eigenvalue weighted by Gasteiger charge is -2.29. The number of anilines is 5. The van der Waals surface area contributed by atoms with E-state index in [1.165, 1.54) is 6.07 Å². The molecule has 196 valence electrons. The highest BCUT2D eigenvalue weighted by molar-refractivity contribution is 6.31. The minimum atomic E-state index is -4.65. The number of carbonyl (C=O) groups excluding carboxylic acids is 1. The Hall–Kier alpha value is -3.64. The molecule has 4 rings (SSSR count). The number of alkyl halides is 3. The fourth-order valence-electron chi connectivity index (χ4n) is 3.80. The van der Waals surface area contributed by atoms with E-state index in [4.69, 9.17) is 11.6 Å².